The van der Waals surface area contributed by atoms with Gasteiger partial charge in [-0.2, -0.15) is 0 Å². The van der Waals surface area contributed by atoms with Crippen LogP contribution in [0.5, 0.6) is 0 Å². The fourth-order valence-corrected chi connectivity index (χ4v) is 1.93. The Kier molecular flexibility index (Phi) is 2.19. The molecule has 0 unspecified atom stereocenters. The summed E-state index contributed by atoms with van der Waals surface area (Å²) in [6.07, 6.45) is 1.05. The lowest BCUT2D eigenvalue weighted by Gasteiger charge is -1.90. The lowest BCUT2D eigenvalue weighted by molar-refractivity contribution is 0.600. The summed E-state index contributed by atoms with van der Waals surface area (Å²) >= 11 is 0. The average molecular weight is 244 g/mol. The van der Waals surface area contributed by atoms with Crippen LogP contribution in [0.1, 0.15) is 5.82 Å². The van der Waals surface area contributed by atoms with Gasteiger partial charge >= 0.3 is 5.69 Å². The predicted molar refractivity (Wildman–Crippen MR) is 55.9 cm³/mol. The molecule has 0 saturated heterocycles. The number of aromatic nitrogens is 4. The SMILES string of the molecule is CS(=O)(=O)Cc1nc2[nH]c(=O)[nH]c(=O)c2[nH]1. The first-order valence-electron chi connectivity index (χ1n) is 4.24. The molecule has 2 aromatic rings. The number of nitrogens with zero attached hydrogens (tertiary/aromatic N) is 1. The summed E-state index contributed by atoms with van der Waals surface area (Å²) in [5.41, 5.74) is -1.22. The molecule has 2 rings (SSSR count). The van der Waals surface area contributed by atoms with Gasteiger partial charge < -0.3 is 4.98 Å². The third-order valence-corrected chi connectivity index (χ3v) is 2.64. The van der Waals surface area contributed by atoms with Crippen LogP contribution in [0.4, 0.5) is 0 Å². The number of fused-ring (bicyclic) bond motifs is 1. The smallest absolute Gasteiger partial charge is 0.327 e. The Labute approximate surface area is 88.7 Å². The van der Waals surface area contributed by atoms with E-state index in [1.54, 1.807) is 0 Å². The first-order chi connectivity index (χ1) is 7.35. The van der Waals surface area contributed by atoms with E-state index in [-0.39, 0.29) is 22.7 Å². The molecule has 0 aliphatic rings. The summed E-state index contributed by atoms with van der Waals surface area (Å²) in [6, 6.07) is 0. The molecule has 0 aliphatic carbocycles. The molecule has 2 aromatic heterocycles. The highest BCUT2D eigenvalue weighted by Gasteiger charge is 2.11. The van der Waals surface area contributed by atoms with E-state index in [1.807, 2.05) is 4.98 Å². The Morgan fingerprint density at radius 1 is 1.19 bits per heavy atom. The van der Waals surface area contributed by atoms with Crippen LogP contribution < -0.4 is 11.2 Å². The van der Waals surface area contributed by atoms with Crippen molar-refractivity contribution in [3.05, 3.63) is 26.7 Å². The molecule has 9 heteroatoms. The number of hydrogen-bond acceptors (Lipinski definition) is 5. The Balaban J connectivity index is 2.65. The van der Waals surface area contributed by atoms with Crippen LogP contribution in [0.15, 0.2) is 9.59 Å². The zero-order valence-electron chi connectivity index (χ0n) is 8.20. The van der Waals surface area contributed by atoms with Crippen molar-refractivity contribution < 1.29 is 8.42 Å². The van der Waals surface area contributed by atoms with Crippen LogP contribution in [0, 0.1) is 0 Å². The maximum atomic E-state index is 11.3. The standard InChI is InChI=1S/C7H8N4O4S/c1-16(14,15)2-3-8-4-5(9-3)10-7(13)11-6(4)12/h2H2,1H3,(H3,8,9,10,11,12,13). The van der Waals surface area contributed by atoms with Crippen LogP contribution in [0.2, 0.25) is 0 Å². The monoisotopic (exact) mass is 244 g/mol. The Bertz CT molecular complexity index is 751. The molecular weight excluding hydrogens is 236 g/mol. The molecule has 0 saturated carbocycles. The zero-order valence-corrected chi connectivity index (χ0v) is 9.01. The number of hydrogen-bond donors (Lipinski definition) is 3. The van der Waals surface area contributed by atoms with Crippen molar-refractivity contribution in [2.45, 2.75) is 5.75 Å². The lowest BCUT2D eigenvalue weighted by Crippen LogP contribution is -2.21. The van der Waals surface area contributed by atoms with Gasteiger partial charge in [-0.15, -0.1) is 0 Å². The van der Waals surface area contributed by atoms with Gasteiger partial charge in [0.1, 0.15) is 17.1 Å². The summed E-state index contributed by atoms with van der Waals surface area (Å²) in [7, 11) is -3.25. The van der Waals surface area contributed by atoms with Crippen LogP contribution in [0.3, 0.4) is 0 Å². The molecule has 16 heavy (non-hydrogen) atoms. The minimum Gasteiger partial charge on any atom is -0.335 e. The van der Waals surface area contributed by atoms with E-state index in [2.05, 4.69) is 15.0 Å². The van der Waals surface area contributed by atoms with E-state index in [9.17, 15) is 18.0 Å². The summed E-state index contributed by atoms with van der Waals surface area (Å²) < 4.78 is 22.0. The number of imidazole rings is 1. The summed E-state index contributed by atoms with van der Waals surface area (Å²) in [4.78, 5) is 32.8. The second-order valence-corrected chi connectivity index (χ2v) is 5.53. The number of H-pyrrole nitrogens is 3. The minimum absolute atomic E-state index is 0.0485. The van der Waals surface area contributed by atoms with E-state index in [0.717, 1.165) is 6.26 Å². The first-order valence-corrected chi connectivity index (χ1v) is 6.30. The molecule has 0 atom stereocenters. The highest BCUT2D eigenvalue weighted by Crippen LogP contribution is 2.04. The van der Waals surface area contributed by atoms with Crippen LogP contribution in [-0.2, 0) is 15.6 Å². The van der Waals surface area contributed by atoms with Gasteiger partial charge in [0.25, 0.3) is 5.56 Å². The number of rotatable bonds is 2. The van der Waals surface area contributed by atoms with E-state index >= 15 is 0 Å². The molecule has 0 spiro atoms. The third-order valence-electron chi connectivity index (χ3n) is 1.84. The molecule has 0 radical (unpaired) electrons. The predicted octanol–water partition coefficient (Wildman–Crippen LogP) is -1.52. The van der Waals surface area contributed by atoms with Gasteiger partial charge in [-0.05, 0) is 0 Å². The number of sulfone groups is 1. The maximum Gasteiger partial charge on any atom is 0.327 e. The Hall–Kier alpha value is -1.90. The van der Waals surface area contributed by atoms with Crippen molar-refractivity contribution in [3.63, 3.8) is 0 Å². The van der Waals surface area contributed by atoms with E-state index < -0.39 is 21.1 Å². The molecule has 3 N–H and O–H groups in total. The average Bonchev–Trinajstić information content (AvgIpc) is 2.43. The fraction of sp³-hybridized carbons (Fsp3) is 0.286. The van der Waals surface area contributed by atoms with Gasteiger partial charge in [0.2, 0.25) is 0 Å². The van der Waals surface area contributed by atoms with Crippen molar-refractivity contribution in [1.29, 1.82) is 0 Å². The van der Waals surface area contributed by atoms with Crippen LogP contribution in [0.25, 0.3) is 11.2 Å². The van der Waals surface area contributed by atoms with Crippen molar-refractivity contribution in [2.24, 2.45) is 0 Å². The quantitative estimate of drug-likeness (QED) is 0.591. The van der Waals surface area contributed by atoms with Crippen molar-refractivity contribution in [1.82, 2.24) is 19.9 Å². The van der Waals surface area contributed by atoms with Crippen LogP contribution in [-0.4, -0.2) is 34.6 Å². The molecule has 0 bridgehead atoms. The molecular formula is C7H8N4O4S. The summed E-state index contributed by atoms with van der Waals surface area (Å²) in [6.45, 7) is 0. The molecule has 86 valence electrons. The Morgan fingerprint density at radius 2 is 1.88 bits per heavy atom. The molecule has 2 heterocycles. The highest BCUT2D eigenvalue weighted by molar-refractivity contribution is 7.89. The van der Waals surface area contributed by atoms with Gasteiger partial charge in [0.15, 0.2) is 15.5 Å². The van der Waals surface area contributed by atoms with Gasteiger partial charge in [-0.3, -0.25) is 14.8 Å². The maximum absolute atomic E-state index is 11.3. The van der Waals surface area contributed by atoms with Crippen molar-refractivity contribution >= 4 is 21.0 Å². The second-order valence-electron chi connectivity index (χ2n) is 3.39. The van der Waals surface area contributed by atoms with Crippen molar-refractivity contribution in [2.75, 3.05) is 6.26 Å². The number of aromatic amines is 3. The first kappa shape index (κ1) is 10.6. The third kappa shape index (κ3) is 2.03. The lowest BCUT2D eigenvalue weighted by atomic mass is 10.5. The topological polar surface area (TPSA) is 129 Å². The minimum atomic E-state index is -3.25. The summed E-state index contributed by atoms with van der Waals surface area (Å²) in [5, 5.41) is 0. The van der Waals surface area contributed by atoms with Gasteiger partial charge in [0, 0.05) is 6.26 Å². The normalized spacial score (nSPS) is 12.1. The molecule has 0 aromatic carbocycles. The largest absolute Gasteiger partial charge is 0.335 e. The summed E-state index contributed by atoms with van der Waals surface area (Å²) in [5.74, 6) is -0.201. The Morgan fingerprint density at radius 3 is 2.50 bits per heavy atom. The highest BCUT2D eigenvalue weighted by atomic mass is 32.2. The molecule has 8 nitrogen and oxygen atoms in total. The number of nitrogens with one attached hydrogen (secondary N) is 3. The van der Waals surface area contributed by atoms with Crippen LogP contribution >= 0.6 is 0 Å². The van der Waals surface area contributed by atoms with E-state index in [4.69, 9.17) is 0 Å². The fourth-order valence-electron chi connectivity index (χ4n) is 1.30. The van der Waals surface area contributed by atoms with Crippen molar-refractivity contribution in [3.8, 4) is 0 Å². The second kappa shape index (κ2) is 3.30. The zero-order chi connectivity index (χ0) is 11.9. The van der Waals surface area contributed by atoms with Gasteiger partial charge in [-0.1, -0.05) is 0 Å². The molecule has 0 aliphatic heterocycles. The molecule has 0 amide bonds. The van der Waals surface area contributed by atoms with E-state index in [0.29, 0.717) is 0 Å². The van der Waals surface area contributed by atoms with Gasteiger partial charge in [0.05, 0.1) is 0 Å². The van der Waals surface area contributed by atoms with Gasteiger partial charge in [-0.25, -0.2) is 18.2 Å². The molecule has 0 fully saturated rings. The van der Waals surface area contributed by atoms with E-state index in [1.165, 1.54) is 0 Å².